The lowest BCUT2D eigenvalue weighted by atomic mass is 10.1. The first-order valence-corrected chi connectivity index (χ1v) is 13.4. The summed E-state index contributed by atoms with van der Waals surface area (Å²) in [6, 6.07) is 17.4. The summed E-state index contributed by atoms with van der Waals surface area (Å²) in [6.45, 7) is 6.27. The molecule has 9 heteroatoms. The molecule has 0 fully saturated rings. The van der Waals surface area contributed by atoms with Gasteiger partial charge in [0.25, 0.3) is 0 Å². The molecule has 0 aliphatic rings. The fourth-order valence-corrected chi connectivity index (χ4v) is 6.01. The molecule has 1 atom stereocenters. The van der Waals surface area contributed by atoms with E-state index in [0.717, 1.165) is 22.5 Å². The lowest BCUT2D eigenvalue weighted by Crippen LogP contribution is -2.36. The number of hydrogen-bond acceptors (Lipinski definition) is 5. The second-order valence-electron chi connectivity index (χ2n) is 8.25. The number of halogens is 1. The van der Waals surface area contributed by atoms with Crippen LogP contribution in [-0.4, -0.2) is 25.6 Å². The van der Waals surface area contributed by atoms with Gasteiger partial charge >= 0.3 is 4.87 Å². The molecule has 0 unspecified atom stereocenters. The van der Waals surface area contributed by atoms with Crippen molar-refractivity contribution >= 4 is 43.2 Å². The van der Waals surface area contributed by atoms with Gasteiger partial charge in [0.1, 0.15) is 12.4 Å². The van der Waals surface area contributed by atoms with Crippen molar-refractivity contribution in [3.05, 3.63) is 92.0 Å². The van der Waals surface area contributed by atoms with E-state index in [0.29, 0.717) is 27.5 Å². The Balaban J connectivity index is 1.50. The van der Waals surface area contributed by atoms with Crippen molar-refractivity contribution in [2.75, 3.05) is 6.61 Å². The highest BCUT2D eigenvalue weighted by molar-refractivity contribution is 7.89. The highest BCUT2D eigenvalue weighted by Crippen LogP contribution is 2.24. The van der Waals surface area contributed by atoms with Crippen molar-refractivity contribution in [2.24, 2.45) is 0 Å². The standard InChI is InChI=1S/C25H25ClN2O4S2/c1-16-8-9-20(12-17(16)2)32-15-18(3)27-34(30,31)21-10-11-23-24(13-21)33-25(29)28(23)14-19-6-4-5-7-22(19)26/h4-13,18,27H,14-15H2,1-3H3/t18-/m0/s1. The predicted octanol–water partition coefficient (Wildman–Crippen LogP) is 5.13. The second-order valence-corrected chi connectivity index (χ2v) is 11.4. The van der Waals surface area contributed by atoms with Gasteiger partial charge in [-0.05, 0) is 73.9 Å². The summed E-state index contributed by atoms with van der Waals surface area (Å²) < 4.78 is 36.5. The molecule has 1 aromatic heterocycles. The van der Waals surface area contributed by atoms with E-state index in [1.807, 2.05) is 50.2 Å². The molecule has 0 amide bonds. The normalized spacial score (nSPS) is 12.7. The molecule has 0 aliphatic heterocycles. The molecule has 4 rings (SSSR count). The van der Waals surface area contributed by atoms with E-state index in [9.17, 15) is 13.2 Å². The molecule has 0 aliphatic carbocycles. The highest BCUT2D eigenvalue weighted by atomic mass is 35.5. The third-order valence-corrected chi connectivity index (χ3v) is 8.47. The largest absolute Gasteiger partial charge is 0.492 e. The summed E-state index contributed by atoms with van der Waals surface area (Å²) in [5.41, 5.74) is 3.76. The average molecular weight is 517 g/mol. The van der Waals surface area contributed by atoms with Gasteiger partial charge in [-0.2, -0.15) is 0 Å². The molecule has 6 nitrogen and oxygen atoms in total. The number of benzene rings is 3. The topological polar surface area (TPSA) is 77.4 Å². The van der Waals surface area contributed by atoms with Crippen LogP contribution in [0.5, 0.6) is 5.75 Å². The van der Waals surface area contributed by atoms with Crippen LogP contribution in [-0.2, 0) is 16.6 Å². The maximum absolute atomic E-state index is 13.0. The maximum atomic E-state index is 13.0. The smallest absolute Gasteiger partial charge is 0.308 e. The third kappa shape index (κ3) is 5.36. The van der Waals surface area contributed by atoms with E-state index in [1.165, 1.54) is 17.7 Å². The van der Waals surface area contributed by atoms with Crippen molar-refractivity contribution in [1.29, 1.82) is 0 Å². The molecule has 0 radical (unpaired) electrons. The van der Waals surface area contributed by atoms with Gasteiger partial charge in [-0.1, -0.05) is 47.2 Å². The van der Waals surface area contributed by atoms with Gasteiger partial charge in [-0.25, -0.2) is 13.1 Å². The zero-order valence-electron chi connectivity index (χ0n) is 19.0. The van der Waals surface area contributed by atoms with E-state index < -0.39 is 16.1 Å². The fraction of sp³-hybridized carbons (Fsp3) is 0.240. The summed E-state index contributed by atoms with van der Waals surface area (Å²) in [6.07, 6.45) is 0. The summed E-state index contributed by atoms with van der Waals surface area (Å²) in [5, 5.41) is 0.578. The number of sulfonamides is 1. The fourth-order valence-electron chi connectivity index (χ4n) is 3.55. The van der Waals surface area contributed by atoms with Crippen LogP contribution in [0.1, 0.15) is 23.6 Å². The van der Waals surface area contributed by atoms with Crippen molar-refractivity contribution in [3.63, 3.8) is 0 Å². The Morgan fingerprint density at radius 1 is 1.06 bits per heavy atom. The molecule has 178 valence electrons. The molecular weight excluding hydrogens is 492 g/mol. The molecule has 1 heterocycles. The van der Waals surface area contributed by atoms with Gasteiger partial charge in [-0.15, -0.1) is 0 Å². The van der Waals surface area contributed by atoms with Gasteiger partial charge in [-0.3, -0.25) is 9.36 Å². The number of thiazole rings is 1. The first kappa shape index (κ1) is 24.5. The van der Waals surface area contributed by atoms with E-state index in [1.54, 1.807) is 23.6 Å². The molecular formula is C25H25ClN2O4S2. The first-order valence-electron chi connectivity index (χ1n) is 10.7. The SMILES string of the molecule is Cc1ccc(OC[C@H](C)NS(=O)(=O)c2ccc3c(c2)sc(=O)n3Cc2ccccc2Cl)cc1C. The Morgan fingerprint density at radius 2 is 1.82 bits per heavy atom. The van der Waals surface area contributed by atoms with Crippen LogP contribution in [0.3, 0.4) is 0 Å². The predicted molar refractivity (Wildman–Crippen MR) is 138 cm³/mol. The number of hydrogen-bond donors (Lipinski definition) is 1. The Labute approximate surface area is 207 Å². The van der Waals surface area contributed by atoms with Crippen LogP contribution in [0.15, 0.2) is 70.4 Å². The quantitative estimate of drug-likeness (QED) is 0.352. The number of nitrogens with one attached hydrogen (secondary N) is 1. The average Bonchev–Trinajstić information content (AvgIpc) is 3.10. The number of ether oxygens (including phenoxy) is 1. The van der Waals surface area contributed by atoms with Crippen LogP contribution in [0, 0.1) is 13.8 Å². The van der Waals surface area contributed by atoms with Crippen LogP contribution in [0.25, 0.3) is 10.2 Å². The minimum atomic E-state index is -3.80. The van der Waals surface area contributed by atoms with Crippen molar-refractivity contribution in [1.82, 2.24) is 9.29 Å². The van der Waals surface area contributed by atoms with Gasteiger partial charge < -0.3 is 4.74 Å². The molecule has 3 aromatic carbocycles. The van der Waals surface area contributed by atoms with Gasteiger partial charge in [0.05, 0.1) is 27.7 Å². The Kier molecular flexibility index (Phi) is 7.14. The minimum Gasteiger partial charge on any atom is -0.492 e. The van der Waals surface area contributed by atoms with Crippen LogP contribution < -0.4 is 14.3 Å². The zero-order valence-corrected chi connectivity index (χ0v) is 21.4. The molecule has 1 N–H and O–H groups in total. The lowest BCUT2D eigenvalue weighted by molar-refractivity contribution is 0.287. The monoisotopic (exact) mass is 516 g/mol. The van der Waals surface area contributed by atoms with Gasteiger partial charge in [0.15, 0.2) is 0 Å². The molecule has 0 saturated heterocycles. The Morgan fingerprint density at radius 3 is 2.56 bits per heavy atom. The third-order valence-electron chi connectivity index (χ3n) is 5.57. The summed E-state index contributed by atoms with van der Waals surface area (Å²) in [4.78, 5) is 12.5. The first-order chi connectivity index (χ1) is 16.1. The maximum Gasteiger partial charge on any atom is 0.308 e. The van der Waals surface area contributed by atoms with E-state index in [2.05, 4.69) is 4.72 Å². The number of nitrogens with zero attached hydrogens (tertiary/aromatic N) is 1. The summed E-state index contributed by atoms with van der Waals surface area (Å²) >= 11 is 7.26. The van der Waals surface area contributed by atoms with Crippen LogP contribution in [0.2, 0.25) is 5.02 Å². The van der Waals surface area contributed by atoms with Crippen LogP contribution >= 0.6 is 22.9 Å². The number of rotatable bonds is 8. The molecule has 4 aromatic rings. The molecule has 0 bridgehead atoms. The van der Waals surface area contributed by atoms with Crippen molar-refractivity contribution in [3.8, 4) is 5.75 Å². The van der Waals surface area contributed by atoms with Gasteiger partial charge in [0.2, 0.25) is 10.0 Å². The molecule has 34 heavy (non-hydrogen) atoms. The van der Waals surface area contributed by atoms with E-state index >= 15 is 0 Å². The number of aromatic nitrogens is 1. The van der Waals surface area contributed by atoms with Gasteiger partial charge in [0, 0.05) is 5.02 Å². The molecule has 0 saturated carbocycles. The minimum absolute atomic E-state index is 0.101. The van der Waals surface area contributed by atoms with Crippen molar-refractivity contribution in [2.45, 2.75) is 38.3 Å². The second kappa shape index (κ2) is 9.92. The highest BCUT2D eigenvalue weighted by Gasteiger charge is 2.20. The van der Waals surface area contributed by atoms with E-state index in [-0.39, 0.29) is 16.4 Å². The lowest BCUT2D eigenvalue weighted by Gasteiger charge is -2.16. The van der Waals surface area contributed by atoms with Crippen LogP contribution in [0.4, 0.5) is 0 Å². The summed E-state index contributed by atoms with van der Waals surface area (Å²) in [5.74, 6) is 0.695. The number of fused-ring (bicyclic) bond motifs is 1. The Bertz CT molecular complexity index is 1510. The van der Waals surface area contributed by atoms with E-state index in [4.69, 9.17) is 16.3 Å². The van der Waals surface area contributed by atoms with Crippen molar-refractivity contribution < 1.29 is 13.2 Å². The molecule has 0 spiro atoms. The Hall–Kier alpha value is -2.65. The number of aryl methyl sites for hydroxylation is 2. The summed E-state index contributed by atoms with van der Waals surface area (Å²) in [7, 11) is -3.80. The zero-order chi connectivity index (χ0) is 24.5.